The van der Waals surface area contributed by atoms with E-state index >= 15 is 0 Å². The van der Waals surface area contributed by atoms with E-state index in [2.05, 4.69) is 29.7 Å². The highest BCUT2D eigenvalue weighted by atomic mass is 16.5. The third-order valence-corrected chi connectivity index (χ3v) is 1.56. The van der Waals surface area contributed by atoms with Gasteiger partial charge in [0, 0.05) is 26.8 Å². The Hall–Kier alpha value is -0.340. The molecule has 1 heterocycles. The van der Waals surface area contributed by atoms with E-state index in [-0.39, 0.29) is 0 Å². The molecule has 0 saturated carbocycles. The molecule has 0 aliphatic carbocycles. The van der Waals surface area contributed by atoms with Crippen LogP contribution in [-0.2, 0) is 4.74 Å². The Morgan fingerprint density at radius 3 is 2.00 bits per heavy atom. The standard InChI is InChI=1S/C6H11N.C3H8O.C2H6/c1-6-3-4-7(2)5-6;1-3-4-2;1-2/h3H,4-5H2,1-2H3;3H2,1-2H3;1-2H3. The van der Waals surface area contributed by atoms with Crippen molar-refractivity contribution >= 4 is 0 Å². The molecular formula is C11H25NO. The van der Waals surface area contributed by atoms with E-state index in [9.17, 15) is 0 Å². The van der Waals surface area contributed by atoms with Gasteiger partial charge >= 0.3 is 0 Å². The molecule has 13 heavy (non-hydrogen) atoms. The van der Waals surface area contributed by atoms with Crippen molar-refractivity contribution in [2.45, 2.75) is 27.7 Å². The van der Waals surface area contributed by atoms with Crippen molar-refractivity contribution in [3.8, 4) is 0 Å². The van der Waals surface area contributed by atoms with E-state index in [1.54, 1.807) is 7.11 Å². The van der Waals surface area contributed by atoms with Crippen molar-refractivity contribution in [2.24, 2.45) is 0 Å². The van der Waals surface area contributed by atoms with Crippen molar-refractivity contribution in [3.05, 3.63) is 11.6 Å². The molecule has 0 fully saturated rings. The summed E-state index contributed by atoms with van der Waals surface area (Å²) < 4.78 is 4.54. The largest absolute Gasteiger partial charge is 0.385 e. The Morgan fingerprint density at radius 1 is 1.46 bits per heavy atom. The number of ether oxygens (including phenoxy) is 1. The highest BCUT2D eigenvalue weighted by Gasteiger charge is 2.02. The van der Waals surface area contributed by atoms with Gasteiger partial charge in [0.1, 0.15) is 0 Å². The molecular weight excluding hydrogens is 162 g/mol. The van der Waals surface area contributed by atoms with Gasteiger partial charge in [0.2, 0.25) is 0 Å². The fraction of sp³-hybridized carbons (Fsp3) is 0.818. The van der Waals surface area contributed by atoms with Gasteiger partial charge in [-0.05, 0) is 20.9 Å². The van der Waals surface area contributed by atoms with Gasteiger partial charge in [0.15, 0.2) is 0 Å². The molecule has 0 saturated heterocycles. The molecule has 1 aliphatic rings. The van der Waals surface area contributed by atoms with Crippen molar-refractivity contribution in [1.82, 2.24) is 4.90 Å². The van der Waals surface area contributed by atoms with Crippen molar-refractivity contribution in [1.29, 1.82) is 0 Å². The van der Waals surface area contributed by atoms with Crippen LogP contribution in [-0.4, -0.2) is 38.8 Å². The minimum Gasteiger partial charge on any atom is -0.385 e. The number of likely N-dealkylation sites (N-methyl/N-ethyl adjacent to an activating group) is 1. The first-order valence-electron chi connectivity index (χ1n) is 5.03. The van der Waals surface area contributed by atoms with E-state index in [1.807, 2.05) is 20.8 Å². The van der Waals surface area contributed by atoms with Gasteiger partial charge in [-0.1, -0.05) is 25.5 Å². The molecule has 2 heteroatoms. The zero-order chi connectivity index (χ0) is 10.7. The molecule has 0 aromatic rings. The fourth-order valence-corrected chi connectivity index (χ4v) is 0.867. The van der Waals surface area contributed by atoms with Crippen LogP contribution in [0.4, 0.5) is 0 Å². The average Bonchev–Trinajstić information content (AvgIpc) is 2.54. The van der Waals surface area contributed by atoms with Crippen LogP contribution < -0.4 is 0 Å². The van der Waals surface area contributed by atoms with Crippen LogP contribution in [0.15, 0.2) is 11.6 Å². The third-order valence-electron chi connectivity index (χ3n) is 1.56. The third kappa shape index (κ3) is 11.7. The Morgan fingerprint density at radius 2 is 1.92 bits per heavy atom. The molecule has 1 rings (SSSR count). The number of rotatable bonds is 1. The molecule has 0 bridgehead atoms. The molecule has 0 N–H and O–H groups in total. The zero-order valence-corrected chi connectivity index (χ0v) is 10.1. The van der Waals surface area contributed by atoms with Crippen LogP contribution in [0.25, 0.3) is 0 Å². The van der Waals surface area contributed by atoms with Gasteiger partial charge < -0.3 is 4.74 Å². The van der Waals surface area contributed by atoms with E-state index in [0.29, 0.717) is 0 Å². The summed E-state index contributed by atoms with van der Waals surface area (Å²) in [5.41, 5.74) is 1.50. The van der Waals surface area contributed by atoms with E-state index in [1.165, 1.54) is 12.1 Å². The van der Waals surface area contributed by atoms with Crippen LogP contribution in [0.1, 0.15) is 27.7 Å². The molecule has 0 aromatic carbocycles. The van der Waals surface area contributed by atoms with Crippen LogP contribution in [0, 0.1) is 0 Å². The minimum absolute atomic E-state index is 0.819. The summed E-state index contributed by atoms with van der Waals surface area (Å²) in [5, 5.41) is 0. The van der Waals surface area contributed by atoms with E-state index in [4.69, 9.17) is 0 Å². The van der Waals surface area contributed by atoms with E-state index in [0.717, 1.165) is 13.2 Å². The first-order valence-corrected chi connectivity index (χ1v) is 5.03. The molecule has 2 nitrogen and oxygen atoms in total. The lowest BCUT2D eigenvalue weighted by atomic mass is 10.3. The summed E-state index contributed by atoms with van der Waals surface area (Å²) in [7, 11) is 3.81. The molecule has 0 radical (unpaired) electrons. The van der Waals surface area contributed by atoms with Gasteiger partial charge in [-0.25, -0.2) is 0 Å². The molecule has 0 amide bonds. The fourth-order valence-electron chi connectivity index (χ4n) is 0.867. The monoisotopic (exact) mass is 187 g/mol. The second-order valence-corrected chi connectivity index (χ2v) is 2.82. The van der Waals surface area contributed by atoms with Gasteiger partial charge in [-0.15, -0.1) is 0 Å². The summed E-state index contributed by atoms with van der Waals surface area (Å²) in [6.07, 6.45) is 2.26. The maximum absolute atomic E-state index is 4.54. The maximum Gasteiger partial charge on any atom is 0.0433 e. The Bertz CT molecular complexity index is 119. The lowest BCUT2D eigenvalue weighted by Crippen LogP contribution is -2.13. The maximum atomic E-state index is 4.54. The van der Waals surface area contributed by atoms with Crippen molar-refractivity contribution in [2.75, 3.05) is 33.9 Å². The highest BCUT2D eigenvalue weighted by molar-refractivity contribution is 5.07. The number of methoxy groups -OCH3 is 1. The summed E-state index contributed by atoms with van der Waals surface area (Å²) in [6.45, 7) is 11.3. The minimum atomic E-state index is 0.819. The predicted molar refractivity (Wildman–Crippen MR) is 60.2 cm³/mol. The molecule has 80 valence electrons. The second-order valence-electron chi connectivity index (χ2n) is 2.82. The molecule has 0 aromatic heterocycles. The van der Waals surface area contributed by atoms with Crippen LogP contribution in [0.5, 0.6) is 0 Å². The summed E-state index contributed by atoms with van der Waals surface area (Å²) in [6, 6.07) is 0. The van der Waals surface area contributed by atoms with Crippen LogP contribution in [0.3, 0.4) is 0 Å². The first kappa shape index (κ1) is 15.1. The van der Waals surface area contributed by atoms with Gasteiger partial charge in [0.25, 0.3) is 0 Å². The smallest absolute Gasteiger partial charge is 0.0433 e. The lowest BCUT2D eigenvalue weighted by Gasteiger charge is -2.03. The second kappa shape index (κ2) is 11.7. The Kier molecular flexibility index (Phi) is 13.6. The molecule has 0 spiro atoms. The lowest BCUT2D eigenvalue weighted by molar-refractivity contribution is 0.215. The SMILES string of the molecule is CC.CC1=CCN(C)C1.CCOC. The number of nitrogens with zero attached hydrogens (tertiary/aromatic N) is 1. The topological polar surface area (TPSA) is 12.5 Å². The molecule has 1 aliphatic heterocycles. The van der Waals surface area contributed by atoms with E-state index < -0.39 is 0 Å². The van der Waals surface area contributed by atoms with Crippen molar-refractivity contribution < 1.29 is 4.74 Å². The summed E-state index contributed by atoms with van der Waals surface area (Å²) in [5.74, 6) is 0. The van der Waals surface area contributed by atoms with Crippen molar-refractivity contribution in [3.63, 3.8) is 0 Å². The van der Waals surface area contributed by atoms with Crippen LogP contribution in [0.2, 0.25) is 0 Å². The number of hydrogen-bond donors (Lipinski definition) is 0. The Labute approximate surface area is 83.6 Å². The molecule has 0 unspecified atom stereocenters. The normalized spacial score (nSPS) is 15.1. The Balaban J connectivity index is 0. The highest BCUT2D eigenvalue weighted by Crippen LogP contribution is 2.03. The van der Waals surface area contributed by atoms with Gasteiger partial charge in [-0.3, -0.25) is 4.90 Å². The summed E-state index contributed by atoms with van der Waals surface area (Å²) in [4.78, 5) is 2.29. The predicted octanol–water partition coefficient (Wildman–Crippen LogP) is 2.56. The number of hydrogen-bond acceptors (Lipinski definition) is 2. The molecule has 0 atom stereocenters. The van der Waals surface area contributed by atoms with Gasteiger partial charge in [0.05, 0.1) is 0 Å². The van der Waals surface area contributed by atoms with Crippen LogP contribution >= 0.6 is 0 Å². The first-order chi connectivity index (χ1) is 6.20. The zero-order valence-electron chi connectivity index (χ0n) is 10.1. The average molecular weight is 187 g/mol. The quantitative estimate of drug-likeness (QED) is 0.585. The summed E-state index contributed by atoms with van der Waals surface area (Å²) >= 11 is 0. The van der Waals surface area contributed by atoms with Gasteiger partial charge in [-0.2, -0.15) is 0 Å².